The van der Waals surface area contributed by atoms with Crippen LogP contribution in [0.4, 0.5) is 11.4 Å². The topological polar surface area (TPSA) is 79.5 Å². The van der Waals surface area contributed by atoms with Crippen molar-refractivity contribution < 1.29 is 14.3 Å². The summed E-state index contributed by atoms with van der Waals surface area (Å²) in [7, 11) is 1.53. The second-order valence-corrected chi connectivity index (χ2v) is 4.81. The summed E-state index contributed by atoms with van der Waals surface area (Å²) in [5.74, 6) is 0.272. The highest BCUT2D eigenvalue weighted by molar-refractivity contribution is 5.95. The van der Waals surface area contributed by atoms with E-state index in [4.69, 9.17) is 4.74 Å². The van der Waals surface area contributed by atoms with Crippen molar-refractivity contribution in [3.63, 3.8) is 0 Å². The highest BCUT2D eigenvalue weighted by Gasteiger charge is 2.12. The zero-order chi connectivity index (χ0) is 15.8. The summed E-state index contributed by atoms with van der Waals surface area (Å²) in [5.41, 5.74) is 1.15. The van der Waals surface area contributed by atoms with Crippen LogP contribution in [0, 0.1) is 0 Å². The minimum absolute atomic E-state index is 0.0968. The molecule has 1 unspecified atom stereocenters. The molecule has 1 atom stereocenters. The van der Waals surface area contributed by atoms with Gasteiger partial charge in [0.15, 0.2) is 0 Å². The first-order chi connectivity index (χ1) is 9.96. The molecular formula is C15H23N3O3. The van der Waals surface area contributed by atoms with Gasteiger partial charge in [-0.05, 0) is 31.7 Å². The molecule has 1 aromatic carbocycles. The summed E-state index contributed by atoms with van der Waals surface area (Å²) >= 11 is 0. The van der Waals surface area contributed by atoms with Gasteiger partial charge < -0.3 is 20.7 Å². The lowest BCUT2D eigenvalue weighted by molar-refractivity contribution is -0.116. The van der Waals surface area contributed by atoms with Gasteiger partial charge in [0, 0.05) is 25.1 Å². The van der Waals surface area contributed by atoms with E-state index in [0.29, 0.717) is 23.5 Å². The van der Waals surface area contributed by atoms with Crippen LogP contribution in [-0.2, 0) is 9.59 Å². The normalized spacial score (nSPS) is 11.6. The highest BCUT2D eigenvalue weighted by Crippen LogP contribution is 2.28. The van der Waals surface area contributed by atoms with Crippen LogP contribution < -0.4 is 20.7 Å². The van der Waals surface area contributed by atoms with Crippen LogP contribution in [0.2, 0.25) is 0 Å². The zero-order valence-corrected chi connectivity index (χ0v) is 12.9. The average molecular weight is 293 g/mol. The van der Waals surface area contributed by atoms with E-state index in [-0.39, 0.29) is 17.9 Å². The summed E-state index contributed by atoms with van der Waals surface area (Å²) in [4.78, 5) is 23.1. The summed E-state index contributed by atoms with van der Waals surface area (Å²) in [6.45, 7) is 6.19. The number of methoxy groups -OCH3 is 1. The van der Waals surface area contributed by atoms with Crippen molar-refractivity contribution in [2.24, 2.45) is 0 Å². The average Bonchev–Trinajstić information content (AvgIpc) is 2.38. The fourth-order valence-corrected chi connectivity index (χ4v) is 1.99. The minimum atomic E-state index is -0.168. The van der Waals surface area contributed by atoms with Gasteiger partial charge in [-0.2, -0.15) is 0 Å². The Morgan fingerprint density at radius 2 is 2.00 bits per heavy atom. The molecule has 0 aliphatic heterocycles. The highest BCUT2D eigenvalue weighted by atomic mass is 16.5. The first-order valence-corrected chi connectivity index (χ1v) is 6.95. The predicted molar refractivity (Wildman–Crippen MR) is 83.7 cm³/mol. The number of nitrogens with one attached hydrogen (secondary N) is 3. The number of benzene rings is 1. The first-order valence-electron chi connectivity index (χ1n) is 6.95. The Morgan fingerprint density at radius 1 is 1.29 bits per heavy atom. The quantitative estimate of drug-likeness (QED) is 0.718. The summed E-state index contributed by atoms with van der Waals surface area (Å²) < 4.78 is 5.22. The van der Waals surface area contributed by atoms with Gasteiger partial charge in [-0.3, -0.25) is 9.59 Å². The van der Waals surface area contributed by atoms with Gasteiger partial charge in [0.1, 0.15) is 5.75 Å². The van der Waals surface area contributed by atoms with Crippen molar-refractivity contribution in [2.45, 2.75) is 33.2 Å². The van der Waals surface area contributed by atoms with Crippen LogP contribution in [0.1, 0.15) is 27.2 Å². The molecule has 0 aliphatic carbocycles. The number of ether oxygens (including phenoxy) is 1. The van der Waals surface area contributed by atoms with Crippen LogP contribution in [0.3, 0.4) is 0 Å². The molecule has 0 saturated carbocycles. The predicted octanol–water partition coefficient (Wildman–Crippen LogP) is 1.98. The molecule has 6 nitrogen and oxygen atoms in total. The third-order valence-electron chi connectivity index (χ3n) is 2.84. The maximum atomic E-state index is 12.0. The summed E-state index contributed by atoms with van der Waals surface area (Å²) in [6, 6.07) is 5.20. The van der Waals surface area contributed by atoms with E-state index in [0.717, 1.165) is 6.54 Å². The van der Waals surface area contributed by atoms with Crippen molar-refractivity contribution >= 4 is 23.2 Å². The Labute approximate surface area is 125 Å². The molecule has 0 fully saturated rings. The third kappa shape index (κ3) is 5.83. The second kappa shape index (κ2) is 8.26. The van der Waals surface area contributed by atoms with Crippen molar-refractivity contribution in [2.75, 3.05) is 24.3 Å². The molecule has 2 amide bonds. The van der Waals surface area contributed by atoms with Crippen LogP contribution in [0.25, 0.3) is 0 Å². The largest absolute Gasteiger partial charge is 0.495 e. The number of rotatable bonds is 7. The van der Waals surface area contributed by atoms with E-state index in [1.807, 2.05) is 13.8 Å². The lowest BCUT2D eigenvalue weighted by Crippen LogP contribution is -2.30. The van der Waals surface area contributed by atoms with Crippen LogP contribution >= 0.6 is 0 Å². The lowest BCUT2D eigenvalue weighted by Gasteiger charge is -2.15. The molecule has 116 valence electrons. The van der Waals surface area contributed by atoms with Gasteiger partial charge in [0.2, 0.25) is 11.8 Å². The molecule has 0 saturated heterocycles. The number of hydrogen-bond acceptors (Lipinski definition) is 4. The number of hydrogen-bond donors (Lipinski definition) is 3. The lowest BCUT2D eigenvalue weighted by atomic mass is 10.2. The van der Waals surface area contributed by atoms with Gasteiger partial charge in [-0.15, -0.1) is 0 Å². The Hall–Kier alpha value is -2.08. The van der Waals surface area contributed by atoms with Crippen molar-refractivity contribution in [1.29, 1.82) is 0 Å². The van der Waals surface area contributed by atoms with Gasteiger partial charge in [0.05, 0.1) is 12.8 Å². The number of anilines is 2. The SMILES string of the molecule is CCNC(C)CC(=O)Nc1cc(NC(C)=O)ccc1OC. The number of carbonyl (C=O) groups excluding carboxylic acids is 2. The molecular weight excluding hydrogens is 270 g/mol. The summed E-state index contributed by atoms with van der Waals surface area (Å²) in [5, 5.41) is 8.66. The van der Waals surface area contributed by atoms with E-state index in [9.17, 15) is 9.59 Å². The molecule has 0 heterocycles. The fraction of sp³-hybridized carbons (Fsp3) is 0.467. The van der Waals surface area contributed by atoms with E-state index in [1.54, 1.807) is 18.2 Å². The van der Waals surface area contributed by atoms with E-state index in [1.165, 1.54) is 14.0 Å². The Bertz CT molecular complexity index is 503. The maximum Gasteiger partial charge on any atom is 0.226 e. The monoisotopic (exact) mass is 293 g/mol. The molecule has 0 spiro atoms. The van der Waals surface area contributed by atoms with Crippen molar-refractivity contribution in [3.05, 3.63) is 18.2 Å². The second-order valence-electron chi connectivity index (χ2n) is 4.81. The fourth-order valence-electron chi connectivity index (χ4n) is 1.99. The van der Waals surface area contributed by atoms with Gasteiger partial charge >= 0.3 is 0 Å². The Kier molecular flexibility index (Phi) is 6.68. The maximum absolute atomic E-state index is 12.0. The Morgan fingerprint density at radius 3 is 2.57 bits per heavy atom. The van der Waals surface area contributed by atoms with Crippen LogP contribution in [-0.4, -0.2) is 31.5 Å². The van der Waals surface area contributed by atoms with Crippen LogP contribution in [0.15, 0.2) is 18.2 Å². The van der Waals surface area contributed by atoms with Gasteiger partial charge in [-0.25, -0.2) is 0 Å². The number of amides is 2. The molecule has 21 heavy (non-hydrogen) atoms. The molecule has 3 N–H and O–H groups in total. The zero-order valence-electron chi connectivity index (χ0n) is 12.9. The van der Waals surface area contributed by atoms with E-state index in [2.05, 4.69) is 16.0 Å². The van der Waals surface area contributed by atoms with Gasteiger partial charge in [0.25, 0.3) is 0 Å². The molecule has 6 heteroatoms. The van der Waals surface area contributed by atoms with Crippen molar-refractivity contribution in [1.82, 2.24) is 5.32 Å². The van der Waals surface area contributed by atoms with E-state index >= 15 is 0 Å². The molecule has 1 aromatic rings. The molecule has 0 radical (unpaired) electrons. The summed E-state index contributed by atoms with van der Waals surface area (Å²) in [6.07, 6.45) is 0.362. The standard InChI is InChI=1S/C15H23N3O3/c1-5-16-10(2)8-15(20)18-13-9-12(17-11(3)19)6-7-14(13)21-4/h6-7,9-10,16H,5,8H2,1-4H3,(H,17,19)(H,18,20). The minimum Gasteiger partial charge on any atom is -0.495 e. The molecule has 0 bridgehead atoms. The van der Waals surface area contributed by atoms with E-state index < -0.39 is 0 Å². The number of carbonyl (C=O) groups is 2. The van der Waals surface area contributed by atoms with Crippen LogP contribution in [0.5, 0.6) is 5.75 Å². The third-order valence-corrected chi connectivity index (χ3v) is 2.84. The van der Waals surface area contributed by atoms with Crippen molar-refractivity contribution in [3.8, 4) is 5.75 Å². The Balaban J connectivity index is 2.79. The molecule has 1 rings (SSSR count). The smallest absolute Gasteiger partial charge is 0.226 e. The first kappa shape index (κ1) is 17.0. The van der Waals surface area contributed by atoms with Gasteiger partial charge in [-0.1, -0.05) is 6.92 Å². The molecule has 0 aliphatic rings. The molecule has 0 aromatic heterocycles.